The highest BCUT2D eigenvalue weighted by Gasteiger charge is 2.13. The Balaban J connectivity index is 3.12. The Bertz CT molecular complexity index is 260. The van der Waals surface area contributed by atoms with Crippen molar-refractivity contribution in [3.05, 3.63) is 28.0 Å². The molecule has 3 N–H and O–H groups in total. The fourth-order valence-corrected chi connectivity index (χ4v) is 1.47. The summed E-state index contributed by atoms with van der Waals surface area (Å²) in [6.45, 7) is 0.0868. The lowest BCUT2D eigenvalue weighted by Gasteiger charge is -2.10. The van der Waals surface area contributed by atoms with Crippen LogP contribution in [-0.2, 0) is 0 Å². The molecule has 1 heterocycles. The second kappa shape index (κ2) is 4.05. The molecule has 12 heavy (non-hydrogen) atoms. The lowest BCUT2D eigenvalue weighted by molar-refractivity contribution is 0.187. The number of aromatic nitrogens is 1. The lowest BCUT2D eigenvalue weighted by Crippen LogP contribution is -2.12. The molecule has 0 amide bonds. The minimum Gasteiger partial charge on any atom is -0.387 e. The van der Waals surface area contributed by atoms with Crippen molar-refractivity contribution in [1.82, 2.24) is 4.98 Å². The summed E-state index contributed by atoms with van der Waals surface area (Å²) in [7, 11) is 0. The Hall–Kier alpha value is -0.350. The van der Waals surface area contributed by atoms with Gasteiger partial charge in [0.25, 0.3) is 0 Å². The van der Waals surface area contributed by atoms with Gasteiger partial charge in [-0.05, 0) is 0 Å². The molecule has 0 fully saturated rings. The fourth-order valence-electron chi connectivity index (χ4n) is 0.857. The average Bonchev–Trinajstić information content (AvgIpc) is 2.03. The number of rotatable bonds is 2. The average molecular weight is 207 g/mol. The van der Waals surface area contributed by atoms with E-state index in [4.69, 9.17) is 28.9 Å². The summed E-state index contributed by atoms with van der Waals surface area (Å²) >= 11 is 11.5. The summed E-state index contributed by atoms with van der Waals surface area (Å²) in [5.74, 6) is 0. The van der Waals surface area contributed by atoms with Crippen molar-refractivity contribution in [2.45, 2.75) is 6.10 Å². The van der Waals surface area contributed by atoms with E-state index in [1.54, 1.807) is 0 Å². The predicted octanol–water partition coefficient (Wildman–Crippen LogP) is 1.38. The maximum absolute atomic E-state index is 9.37. The molecule has 3 nitrogen and oxygen atoms in total. The van der Waals surface area contributed by atoms with Crippen LogP contribution in [0.2, 0.25) is 10.0 Å². The van der Waals surface area contributed by atoms with Crippen molar-refractivity contribution >= 4 is 23.2 Å². The van der Waals surface area contributed by atoms with Crippen LogP contribution in [0.5, 0.6) is 0 Å². The molecule has 0 saturated carbocycles. The zero-order valence-corrected chi connectivity index (χ0v) is 7.68. The molecule has 0 unspecified atom stereocenters. The van der Waals surface area contributed by atoms with Crippen LogP contribution in [0.25, 0.3) is 0 Å². The molecule has 0 spiro atoms. The number of hydrogen-bond donors (Lipinski definition) is 2. The molecule has 66 valence electrons. The van der Waals surface area contributed by atoms with Crippen molar-refractivity contribution < 1.29 is 5.11 Å². The topological polar surface area (TPSA) is 59.1 Å². The van der Waals surface area contributed by atoms with Gasteiger partial charge in [0.05, 0.1) is 16.1 Å². The Morgan fingerprint density at radius 3 is 2.33 bits per heavy atom. The summed E-state index contributed by atoms with van der Waals surface area (Å²) in [5, 5.41) is 10.0. The molecule has 1 aromatic rings. The van der Waals surface area contributed by atoms with Crippen LogP contribution in [0.4, 0.5) is 0 Å². The van der Waals surface area contributed by atoms with Crippen LogP contribution in [0.1, 0.15) is 11.7 Å². The molecule has 1 atom stereocenters. The van der Waals surface area contributed by atoms with Gasteiger partial charge in [0.15, 0.2) is 0 Å². The number of hydrogen-bond acceptors (Lipinski definition) is 3. The molecule has 0 aliphatic heterocycles. The van der Waals surface area contributed by atoms with E-state index in [9.17, 15) is 5.11 Å². The Morgan fingerprint density at radius 1 is 1.42 bits per heavy atom. The molecule has 1 rings (SSSR count). The van der Waals surface area contributed by atoms with Gasteiger partial charge in [-0.1, -0.05) is 23.2 Å². The number of aliphatic hydroxyl groups excluding tert-OH is 1. The first kappa shape index (κ1) is 9.74. The quantitative estimate of drug-likeness (QED) is 0.770. The standard InChI is InChI=1S/C7H8Cl2N2O/c8-4-2-11-3-5(9)7(4)6(12)1-10/h2-3,6,12H,1,10H2/t6-/m0/s1. The first-order valence-electron chi connectivity index (χ1n) is 3.34. The van der Waals surface area contributed by atoms with E-state index in [2.05, 4.69) is 4.98 Å². The zero-order chi connectivity index (χ0) is 9.14. The highest BCUT2D eigenvalue weighted by molar-refractivity contribution is 6.35. The normalized spacial score (nSPS) is 13.0. The van der Waals surface area contributed by atoms with Crippen LogP contribution >= 0.6 is 23.2 Å². The smallest absolute Gasteiger partial charge is 0.0942 e. The van der Waals surface area contributed by atoms with Gasteiger partial charge in [-0.25, -0.2) is 0 Å². The van der Waals surface area contributed by atoms with Gasteiger partial charge >= 0.3 is 0 Å². The summed E-state index contributed by atoms with van der Waals surface area (Å²) < 4.78 is 0. The number of pyridine rings is 1. The maximum Gasteiger partial charge on any atom is 0.0942 e. The fraction of sp³-hybridized carbons (Fsp3) is 0.286. The van der Waals surface area contributed by atoms with Crippen LogP contribution in [0.15, 0.2) is 12.4 Å². The minimum atomic E-state index is -0.826. The van der Waals surface area contributed by atoms with Gasteiger partial charge in [-0.3, -0.25) is 4.98 Å². The van der Waals surface area contributed by atoms with Crippen molar-refractivity contribution in [3.8, 4) is 0 Å². The molecule has 0 aliphatic rings. The van der Waals surface area contributed by atoms with E-state index >= 15 is 0 Å². The molecular weight excluding hydrogens is 199 g/mol. The monoisotopic (exact) mass is 206 g/mol. The van der Waals surface area contributed by atoms with Crippen LogP contribution in [0, 0.1) is 0 Å². The molecule has 0 aliphatic carbocycles. The predicted molar refractivity (Wildman–Crippen MR) is 48.3 cm³/mol. The summed E-state index contributed by atoms with van der Waals surface area (Å²) in [6.07, 6.45) is 2.01. The summed E-state index contributed by atoms with van der Waals surface area (Å²) in [4.78, 5) is 3.75. The summed E-state index contributed by atoms with van der Waals surface area (Å²) in [5.41, 5.74) is 5.69. The molecule has 5 heteroatoms. The summed E-state index contributed by atoms with van der Waals surface area (Å²) in [6, 6.07) is 0. The van der Waals surface area contributed by atoms with E-state index in [0.29, 0.717) is 15.6 Å². The first-order chi connectivity index (χ1) is 5.66. The van der Waals surface area contributed by atoms with Gasteiger partial charge in [0.1, 0.15) is 0 Å². The zero-order valence-electron chi connectivity index (χ0n) is 6.17. The van der Waals surface area contributed by atoms with Crippen LogP contribution in [0.3, 0.4) is 0 Å². The Labute approximate surface area is 80.1 Å². The molecule has 1 aromatic heterocycles. The van der Waals surface area contributed by atoms with Gasteiger partial charge in [0.2, 0.25) is 0 Å². The third kappa shape index (κ3) is 1.87. The SMILES string of the molecule is NC[C@H](O)c1c(Cl)cncc1Cl. The molecule has 0 radical (unpaired) electrons. The van der Waals surface area contributed by atoms with Crippen molar-refractivity contribution in [2.75, 3.05) is 6.54 Å². The largest absolute Gasteiger partial charge is 0.387 e. The van der Waals surface area contributed by atoms with Gasteiger partial charge in [-0.2, -0.15) is 0 Å². The second-order valence-corrected chi connectivity index (χ2v) is 3.08. The first-order valence-corrected chi connectivity index (χ1v) is 4.09. The maximum atomic E-state index is 9.37. The molecule has 0 saturated heterocycles. The minimum absolute atomic E-state index is 0.0868. The molecular formula is C7H8Cl2N2O. The number of halogens is 2. The van der Waals surface area contributed by atoms with E-state index in [1.807, 2.05) is 0 Å². The Morgan fingerprint density at radius 2 is 1.92 bits per heavy atom. The number of aliphatic hydroxyl groups is 1. The van der Waals surface area contributed by atoms with Gasteiger partial charge in [0, 0.05) is 24.5 Å². The highest BCUT2D eigenvalue weighted by Crippen LogP contribution is 2.28. The molecule has 0 bridgehead atoms. The number of nitrogens with zero attached hydrogens (tertiary/aromatic N) is 1. The lowest BCUT2D eigenvalue weighted by atomic mass is 10.1. The number of nitrogens with two attached hydrogens (primary N) is 1. The second-order valence-electron chi connectivity index (χ2n) is 2.27. The third-order valence-corrected chi connectivity index (χ3v) is 2.05. The highest BCUT2D eigenvalue weighted by atomic mass is 35.5. The van der Waals surface area contributed by atoms with Crippen molar-refractivity contribution in [3.63, 3.8) is 0 Å². The van der Waals surface area contributed by atoms with E-state index in [1.165, 1.54) is 12.4 Å². The van der Waals surface area contributed by atoms with Gasteiger partial charge in [-0.15, -0.1) is 0 Å². The van der Waals surface area contributed by atoms with Crippen molar-refractivity contribution in [1.29, 1.82) is 0 Å². The third-order valence-electron chi connectivity index (χ3n) is 1.45. The molecule has 0 aromatic carbocycles. The van der Waals surface area contributed by atoms with Crippen LogP contribution in [-0.4, -0.2) is 16.6 Å². The van der Waals surface area contributed by atoms with Gasteiger partial charge < -0.3 is 10.8 Å². The van der Waals surface area contributed by atoms with E-state index in [0.717, 1.165) is 0 Å². The van der Waals surface area contributed by atoms with Crippen molar-refractivity contribution in [2.24, 2.45) is 5.73 Å². The van der Waals surface area contributed by atoms with E-state index < -0.39 is 6.10 Å². The van der Waals surface area contributed by atoms with E-state index in [-0.39, 0.29) is 6.54 Å². The van der Waals surface area contributed by atoms with Crippen LogP contribution < -0.4 is 5.73 Å². The Kier molecular flexibility index (Phi) is 3.29.